The summed E-state index contributed by atoms with van der Waals surface area (Å²) in [7, 11) is 1.30. The van der Waals surface area contributed by atoms with Crippen LogP contribution in [0.2, 0.25) is 5.02 Å². The summed E-state index contributed by atoms with van der Waals surface area (Å²) in [5, 5.41) is 12.9. The van der Waals surface area contributed by atoms with E-state index >= 15 is 0 Å². The summed E-state index contributed by atoms with van der Waals surface area (Å²) in [5.74, 6) is -0.358. The van der Waals surface area contributed by atoms with Gasteiger partial charge in [-0.25, -0.2) is 4.79 Å². The van der Waals surface area contributed by atoms with Gasteiger partial charge in [-0.2, -0.15) is 4.80 Å². The van der Waals surface area contributed by atoms with E-state index in [1.165, 1.54) is 11.9 Å². The largest absolute Gasteiger partial charge is 0.465 e. The zero-order chi connectivity index (χ0) is 19.7. The van der Waals surface area contributed by atoms with Gasteiger partial charge >= 0.3 is 5.97 Å². The number of benzene rings is 1. The predicted molar refractivity (Wildman–Crippen MR) is 98.9 cm³/mol. The average molecular weight is 388 g/mol. The Bertz CT molecular complexity index is 1010. The van der Waals surface area contributed by atoms with Crippen LogP contribution in [0, 0.1) is 13.8 Å². The van der Waals surface area contributed by atoms with Crippen molar-refractivity contribution in [2.24, 2.45) is 0 Å². The van der Waals surface area contributed by atoms with Crippen LogP contribution in [0.5, 0.6) is 0 Å². The highest BCUT2D eigenvalue weighted by Gasteiger charge is 2.27. The summed E-state index contributed by atoms with van der Waals surface area (Å²) < 4.78 is 4.78. The Morgan fingerprint density at radius 2 is 1.89 bits per heavy atom. The summed E-state index contributed by atoms with van der Waals surface area (Å²) in [6.45, 7) is 5.08. The fraction of sp³-hybridized carbons (Fsp3) is 0.278. The summed E-state index contributed by atoms with van der Waals surface area (Å²) in [5.41, 5.74) is 2.54. The molecule has 0 fully saturated rings. The van der Waals surface area contributed by atoms with E-state index in [0.717, 1.165) is 5.56 Å². The zero-order valence-corrected chi connectivity index (χ0v) is 16.0. The van der Waals surface area contributed by atoms with Crippen LogP contribution < -0.4 is 0 Å². The molecule has 2 heterocycles. The number of methoxy groups -OCH3 is 1. The molecule has 0 bridgehead atoms. The molecule has 2 aromatic heterocycles. The number of aryl methyl sites for hydroxylation is 1. The highest BCUT2D eigenvalue weighted by Crippen LogP contribution is 2.23. The van der Waals surface area contributed by atoms with Crippen molar-refractivity contribution in [3.8, 4) is 11.4 Å². The number of rotatable bonds is 5. The maximum atomic E-state index is 12.9. The summed E-state index contributed by atoms with van der Waals surface area (Å²) >= 11 is 5.88. The first-order valence-corrected chi connectivity index (χ1v) is 8.58. The predicted octanol–water partition coefficient (Wildman–Crippen LogP) is 3.17. The molecule has 0 saturated heterocycles. The number of ketones is 1. The summed E-state index contributed by atoms with van der Waals surface area (Å²) in [6, 6.07) is 6.30. The molecule has 0 aliphatic heterocycles. The van der Waals surface area contributed by atoms with Crippen molar-refractivity contribution < 1.29 is 14.3 Å². The topological polar surface area (TPSA) is 103 Å². The van der Waals surface area contributed by atoms with Gasteiger partial charge in [0.1, 0.15) is 6.04 Å². The second-order valence-corrected chi connectivity index (χ2v) is 6.53. The first-order chi connectivity index (χ1) is 12.8. The Labute approximate surface area is 160 Å². The van der Waals surface area contributed by atoms with Gasteiger partial charge in [0.25, 0.3) is 0 Å². The quantitative estimate of drug-likeness (QED) is 0.532. The molecular weight excluding hydrogens is 370 g/mol. The molecule has 1 atom stereocenters. The van der Waals surface area contributed by atoms with Gasteiger partial charge in [0, 0.05) is 16.3 Å². The van der Waals surface area contributed by atoms with Crippen LogP contribution in [-0.4, -0.2) is 44.1 Å². The number of aromatic nitrogens is 5. The van der Waals surface area contributed by atoms with Crippen LogP contribution >= 0.6 is 11.6 Å². The molecule has 3 rings (SSSR count). The Morgan fingerprint density at radius 1 is 1.22 bits per heavy atom. The van der Waals surface area contributed by atoms with Crippen molar-refractivity contribution in [1.82, 2.24) is 25.2 Å². The number of ether oxygens (including phenoxy) is 1. The lowest BCUT2D eigenvalue weighted by Crippen LogP contribution is -2.20. The lowest BCUT2D eigenvalue weighted by atomic mass is 10.1. The van der Waals surface area contributed by atoms with E-state index in [0.29, 0.717) is 33.4 Å². The monoisotopic (exact) mass is 387 g/mol. The number of hydrogen-bond acceptors (Lipinski definition) is 6. The number of nitrogens with zero attached hydrogens (tertiary/aromatic N) is 4. The second-order valence-electron chi connectivity index (χ2n) is 6.10. The third kappa shape index (κ3) is 3.48. The van der Waals surface area contributed by atoms with E-state index in [9.17, 15) is 9.59 Å². The maximum absolute atomic E-state index is 12.9. The van der Waals surface area contributed by atoms with Crippen molar-refractivity contribution in [2.45, 2.75) is 26.8 Å². The SMILES string of the molecule is COC(=O)c1c(C)[nH]c(C(=O)[C@H](C)n2nnc(-c3ccc(Cl)cc3)n2)c1C. The smallest absolute Gasteiger partial charge is 0.339 e. The van der Waals surface area contributed by atoms with Gasteiger partial charge in [-0.05, 0) is 55.8 Å². The zero-order valence-electron chi connectivity index (χ0n) is 15.3. The number of carbonyl (C=O) groups excluding carboxylic acids is 2. The number of tetrazole rings is 1. The van der Waals surface area contributed by atoms with Gasteiger partial charge in [0.05, 0.1) is 18.4 Å². The minimum atomic E-state index is -0.708. The lowest BCUT2D eigenvalue weighted by Gasteiger charge is -2.08. The molecule has 9 heteroatoms. The minimum absolute atomic E-state index is 0.259. The van der Waals surface area contributed by atoms with Crippen LogP contribution in [0.15, 0.2) is 24.3 Å². The molecule has 140 valence electrons. The Morgan fingerprint density at radius 3 is 2.52 bits per heavy atom. The maximum Gasteiger partial charge on any atom is 0.339 e. The molecule has 3 aromatic rings. The number of halogens is 1. The van der Waals surface area contributed by atoms with Crippen LogP contribution in [0.3, 0.4) is 0 Å². The number of esters is 1. The molecule has 1 aromatic carbocycles. The molecule has 27 heavy (non-hydrogen) atoms. The average Bonchev–Trinajstić information content (AvgIpc) is 3.25. The van der Waals surface area contributed by atoms with Crippen LogP contribution in [0.1, 0.15) is 45.1 Å². The standard InChI is InChI=1S/C18H18ClN5O3/c1-9-14(18(26)27-4)10(2)20-15(9)16(25)11(3)24-22-17(21-23-24)12-5-7-13(19)8-6-12/h5-8,11,20H,1-4H3/t11-/m0/s1. The van der Waals surface area contributed by atoms with Crippen molar-refractivity contribution in [3.63, 3.8) is 0 Å². The summed E-state index contributed by atoms with van der Waals surface area (Å²) in [6.07, 6.45) is 0. The van der Waals surface area contributed by atoms with E-state index in [1.54, 1.807) is 45.0 Å². The molecule has 0 aliphatic carbocycles. The van der Waals surface area contributed by atoms with Crippen LogP contribution in [0.25, 0.3) is 11.4 Å². The number of H-pyrrole nitrogens is 1. The van der Waals surface area contributed by atoms with E-state index in [4.69, 9.17) is 16.3 Å². The number of Topliss-reactive ketones (excluding diaryl/α,β-unsaturated/α-hetero) is 1. The van der Waals surface area contributed by atoms with Crippen LogP contribution in [0.4, 0.5) is 0 Å². The van der Waals surface area contributed by atoms with Gasteiger partial charge in [-0.1, -0.05) is 11.6 Å². The molecule has 0 unspecified atom stereocenters. The second kappa shape index (κ2) is 7.32. The van der Waals surface area contributed by atoms with Gasteiger partial charge in [0.2, 0.25) is 11.6 Å². The van der Waals surface area contributed by atoms with Gasteiger partial charge < -0.3 is 9.72 Å². The summed E-state index contributed by atoms with van der Waals surface area (Å²) in [4.78, 5) is 29.0. The van der Waals surface area contributed by atoms with Crippen molar-refractivity contribution in [1.29, 1.82) is 0 Å². The molecule has 8 nitrogen and oxygen atoms in total. The lowest BCUT2D eigenvalue weighted by molar-refractivity contribution is 0.0599. The first kappa shape index (κ1) is 18.8. The number of nitrogens with one attached hydrogen (secondary N) is 1. The Hall–Kier alpha value is -3.00. The fourth-order valence-electron chi connectivity index (χ4n) is 2.82. The first-order valence-electron chi connectivity index (χ1n) is 8.20. The van der Waals surface area contributed by atoms with Crippen molar-refractivity contribution >= 4 is 23.4 Å². The Kier molecular flexibility index (Phi) is 5.09. The molecular formula is C18H18ClN5O3. The highest BCUT2D eigenvalue weighted by molar-refractivity contribution is 6.30. The molecule has 0 amide bonds. The fourth-order valence-corrected chi connectivity index (χ4v) is 2.95. The third-order valence-corrected chi connectivity index (χ3v) is 4.58. The number of hydrogen-bond donors (Lipinski definition) is 1. The van der Waals surface area contributed by atoms with Gasteiger partial charge in [0.15, 0.2) is 0 Å². The Balaban J connectivity index is 1.88. The van der Waals surface area contributed by atoms with E-state index in [2.05, 4.69) is 20.4 Å². The van der Waals surface area contributed by atoms with Crippen LogP contribution in [-0.2, 0) is 4.74 Å². The van der Waals surface area contributed by atoms with Gasteiger partial charge in [-0.15, -0.1) is 10.2 Å². The third-order valence-electron chi connectivity index (χ3n) is 4.33. The minimum Gasteiger partial charge on any atom is -0.465 e. The normalized spacial score (nSPS) is 12.0. The van der Waals surface area contributed by atoms with Crippen molar-refractivity contribution in [2.75, 3.05) is 7.11 Å². The van der Waals surface area contributed by atoms with E-state index in [1.807, 2.05) is 0 Å². The highest BCUT2D eigenvalue weighted by atomic mass is 35.5. The van der Waals surface area contributed by atoms with E-state index in [-0.39, 0.29) is 5.78 Å². The molecule has 0 saturated carbocycles. The molecule has 0 radical (unpaired) electrons. The van der Waals surface area contributed by atoms with Gasteiger partial charge in [-0.3, -0.25) is 4.79 Å². The number of carbonyl (C=O) groups is 2. The molecule has 0 spiro atoms. The molecule has 0 aliphatic rings. The molecule has 1 N–H and O–H groups in total. The van der Waals surface area contributed by atoms with E-state index < -0.39 is 12.0 Å². The van der Waals surface area contributed by atoms with Crippen molar-refractivity contribution in [3.05, 3.63) is 51.8 Å². The number of aromatic amines is 1.